The average molecular weight is 257 g/mol. The zero-order chi connectivity index (χ0) is 13.7. The van der Waals surface area contributed by atoms with Gasteiger partial charge in [0.25, 0.3) is 0 Å². The van der Waals surface area contributed by atoms with Gasteiger partial charge in [-0.05, 0) is 6.92 Å². The number of carbonyl (C=O) groups is 1. The van der Waals surface area contributed by atoms with Crippen LogP contribution in [0.2, 0.25) is 0 Å². The fourth-order valence-electron chi connectivity index (χ4n) is 1.85. The molecule has 0 saturated heterocycles. The summed E-state index contributed by atoms with van der Waals surface area (Å²) in [4.78, 5) is 11.3. The lowest BCUT2D eigenvalue weighted by molar-refractivity contribution is -0.139. The first-order chi connectivity index (χ1) is 8.52. The summed E-state index contributed by atoms with van der Waals surface area (Å²) in [5, 5.41) is 16.4. The smallest absolute Gasteiger partial charge is 0.325 e. The second-order valence-electron chi connectivity index (χ2n) is 3.85. The Labute approximate surface area is 106 Å². The van der Waals surface area contributed by atoms with E-state index in [-0.39, 0.29) is 0 Å². The molecule has 102 valence electrons. The lowest BCUT2D eigenvalue weighted by Crippen LogP contribution is -2.31. The van der Waals surface area contributed by atoms with Crippen LogP contribution in [-0.4, -0.2) is 48.2 Å². The summed E-state index contributed by atoms with van der Waals surface area (Å²) >= 11 is 0. The first-order valence-electron chi connectivity index (χ1n) is 5.55. The highest BCUT2D eigenvalue weighted by Gasteiger charge is 2.28. The third kappa shape index (κ3) is 2.99. The van der Waals surface area contributed by atoms with Gasteiger partial charge < -0.3 is 14.6 Å². The van der Waals surface area contributed by atoms with E-state index < -0.39 is 12.0 Å². The van der Waals surface area contributed by atoms with Crippen molar-refractivity contribution in [3.63, 3.8) is 0 Å². The van der Waals surface area contributed by atoms with Crippen LogP contribution in [-0.2, 0) is 16.6 Å². The van der Waals surface area contributed by atoms with Crippen molar-refractivity contribution in [1.82, 2.24) is 15.1 Å². The van der Waals surface area contributed by atoms with E-state index in [0.717, 1.165) is 0 Å². The Kier molecular flexibility index (Phi) is 5.11. The molecule has 1 unspecified atom stereocenters. The van der Waals surface area contributed by atoms with Gasteiger partial charge in [0.05, 0.1) is 25.0 Å². The number of hydrogen-bond donors (Lipinski definition) is 2. The van der Waals surface area contributed by atoms with E-state index >= 15 is 0 Å². The number of aryl methyl sites for hydroxylation is 2. The third-order valence-electron chi connectivity index (χ3n) is 2.60. The first-order valence-corrected chi connectivity index (χ1v) is 5.55. The predicted octanol–water partition coefficient (Wildman–Crippen LogP) is 0.0988. The van der Waals surface area contributed by atoms with Crippen LogP contribution in [0.3, 0.4) is 0 Å². The summed E-state index contributed by atoms with van der Waals surface area (Å²) in [6.45, 7) is 2.63. The number of rotatable bonds is 7. The Morgan fingerprint density at radius 3 is 2.72 bits per heavy atom. The molecule has 0 fully saturated rings. The van der Waals surface area contributed by atoms with Crippen molar-refractivity contribution in [3.05, 3.63) is 11.3 Å². The van der Waals surface area contributed by atoms with Crippen molar-refractivity contribution in [2.45, 2.75) is 13.0 Å². The number of aliphatic carboxylic acids is 1. The zero-order valence-corrected chi connectivity index (χ0v) is 11.1. The topological polar surface area (TPSA) is 85.6 Å². The highest BCUT2D eigenvalue weighted by atomic mass is 16.5. The van der Waals surface area contributed by atoms with E-state index in [1.54, 1.807) is 21.1 Å². The molecule has 1 atom stereocenters. The molecule has 18 heavy (non-hydrogen) atoms. The molecule has 1 heterocycles. The van der Waals surface area contributed by atoms with Crippen molar-refractivity contribution in [2.24, 2.45) is 7.05 Å². The highest BCUT2D eigenvalue weighted by molar-refractivity contribution is 5.77. The van der Waals surface area contributed by atoms with Crippen LogP contribution in [0.25, 0.3) is 0 Å². The second-order valence-corrected chi connectivity index (χ2v) is 3.85. The number of ether oxygens (including phenoxy) is 2. The largest absolute Gasteiger partial charge is 0.481 e. The van der Waals surface area contributed by atoms with Crippen molar-refractivity contribution in [1.29, 1.82) is 0 Å². The molecule has 7 heteroatoms. The molecule has 0 aliphatic heterocycles. The molecular weight excluding hydrogens is 238 g/mol. The molecule has 0 saturated carbocycles. The predicted molar refractivity (Wildman–Crippen MR) is 64.8 cm³/mol. The normalized spacial score (nSPS) is 12.4. The van der Waals surface area contributed by atoms with Crippen LogP contribution < -0.4 is 10.1 Å². The number of hydrogen-bond acceptors (Lipinski definition) is 5. The molecule has 0 spiro atoms. The van der Waals surface area contributed by atoms with Crippen molar-refractivity contribution >= 4 is 5.97 Å². The standard InChI is InChI=1S/C11H19N3O4/c1-7-8(10(18-4)14(2)13-7)9(11(15)16)12-5-6-17-3/h9,12H,5-6H2,1-4H3,(H,15,16). The third-order valence-corrected chi connectivity index (χ3v) is 2.60. The SMILES string of the molecule is COCCNC(C(=O)O)c1c(C)nn(C)c1OC. The second kappa shape index (κ2) is 6.36. The Morgan fingerprint density at radius 2 is 2.22 bits per heavy atom. The number of carboxylic acids is 1. The minimum Gasteiger partial charge on any atom is -0.481 e. The van der Waals surface area contributed by atoms with Crippen LogP contribution >= 0.6 is 0 Å². The Bertz CT molecular complexity index is 417. The fraction of sp³-hybridized carbons (Fsp3) is 0.636. The summed E-state index contributed by atoms with van der Waals surface area (Å²) in [5.41, 5.74) is 1.18. The minimum absolute atomic E-state index is 0.435. The molecule has 7 nitrogen and oxygen atoms in total. The van der Waals surface area contributed by atoms with Crippen molar-refractivity contribution in [2.75, 3.05) is 27.4 Å². The van der Waals surface area contributed by atoms with Gasteiger partial charge in [-0.2, -0.15) is 5.10 Å². The molecule has 0 radical (unpaired) electrons. The summed E-state index contributed by atoms with van der Waals surface area (Å²) in [5.74, 6) is -0.523. The molecule has 1 rings (SSSR count). The van der Waals surface area contributed by atoms with E-state index in [1.165, 1.54) is 11.8 Å². The maximum Gasteiger partial charge on any atom is 0.325 e. The van der Waals surface area contributed by atoms with Gasteiger partial charge in [0.2, 0.25) is 5.88 Å². The number of nitrogens with one attached hydrogen (secondary N) is 1. The average Bonchev–Trinajstić information content (AvgIpc) is 2.59. The van der Waals surface area contributed by atoms with Crippen molar-refractivity contribution < 1.29 is 19.4 Å². The van der Waals surface area contributed by atoms with Gasteiger partial charge in [-0.1, -0.05) is 0 Å². The van der Waals surface area contributed by atoms with E-state index in [4.69, 9.17) is 9.47 Å². The Balaban J connectivity index is 3.01. The van der Waals surface area contributed by atoms with Gasteiger partial charge in [0.1, 0.15) is 6.04 Å². The molecule has 0 aliphatic rings. The van der Waals surface area contributed by atoms with Gasteiger partial charge >= 0.3 is 5.97 Å². The molecule has 0 aliphatic carbocycles. The van der Waals surface area contributed by atoms with E-state index in [9.17, 15) is 9.90 Å². The van der Waals surface area contributed by atoms with Gasteiger partial charge in [0.15, 0.2) is 0 Å². The van der Waals surface area contributed by atoms with Crippen LogP contribution in [0.4, 0.5) is 0 Å². The molecule has 1 aromatic heterocycles. The molecule has 0 amide bonds. The quantitative estimate of drug-likeness (QED) is 0.674. The van der Waals surface area contributed by atoms with E-state index in [0.29, 0.717) is 30.3 Å². The number of carboxylic acid groups (broad SMARTS) is 1. The number of methoxy groups -OCH3 is 2. The maximum absolute atomic E-state index is 11.3. The molecular formula is C11H19N3O4. The van der Waals surface area contributed by atoms with Crippen LogP contribution in [0.1, 0.15) is 17.3 Å². The molecule has 0 aromatic carbocycles. The van der Waals surface area contributed by atoms with Gasteiger partial charge in [-0.3, -0.25) is 10.1 Å². The summed E-state index contributed by atoms with van der Waals surface area (Å²) in [6.07, 6.45) is 0. The van der Waals surface area contributed by atoms with E-state index in [2.05, 4.69) is 10.4 Å². The monoisotopic (exact) mass is 257 g/mol. The molecule has 2 N–H and O–H groups in total. The molecule has 0 bridgehead atoms. The number of aromatic nitrogens is 2. The van der Waals surface area contributed by atoms with Gasteiger partial charge in [-0.15, -0.1) is 0 Å². The van der Waals surface area contributed by atoms with Gasteiger partial charge in [0, 0.05) is 20.7 Å². The van der Waals surface area contributed by atoms with Crippen LogP contribution in [0.5, 0.6) is 5.88 Å². The fourth-order valence-corrected chi connectivity index (χ4v) is 1.85. The van der Waals surface area contributed by atoms with Crippen LogP contribution in [0.15, 0.2) is 0 Å². The van der Waals surface area contributed by atoms with Crippen LogP contribution in [0, 0.1) is 6.92 Å². The van der Waals surface area contributed by atoms with E-state index in [1.807, 2.05) is 0 Å². The van der Waals surface area contributed by atoms with Gasteiger partial charge in [-0.25, -0.2) is 4.68 Å². The lowest BCUT2D eigenvalue weighted by atomic mass is 10.1. The molecule has 1 aromatic rings. The van der Waals surface area contributed by atoms with Crippen molar-refractivity contribution in [3.8, 4) is 5.88 Å². The number of nitrogens with zero attached hydrogens (tertiary/aromatic N) is 2. The minimum atomic E-state index is -0.972. The Morgan fingerprint density at radius 1 is 1.56 bits per heavy atom. The lowest BCUT2D eigenvalue weighted by Gasteiger charge is -2.15. The summed E-state index contributed by atoms with van der Waals surface area (Å²) < 4.78 is 11.6. The summed E-state index contributed by atoms with van der Waals surface area (Å²) in [6, 6.07) is -0.858. The first kappa shape index (κ1) is 14.5. The Hall–Kier alpha value is -1.60. The summed E-state index contributed by atoms with van der Waals surface area (Å²) in [7, 11) is 4.77. The maximum atomic E-state index is 11.3. The highest BCUT2D eigenvalue weighted by Crippen LogP contribution is 2.28. The zero-order valence-electron chi connectivity index (χ0n) is 11.1.